The van der Waals surface area contributed by atoms with Crippen LogP contribution in [-0.4, -0.2) is 4.98 Å². The van der Waals surface area contributed by atoms with E-state index in [4.69, 9.17) is 0 Å². The molecule has 2 aliphatic rings. The molecule has 1 fully saturated rings. The van der Waals surface area contributed by atoms with Crippen LogP contribution in [-0.2, 0) is 0 Å². The van der Waals surface area contributed by atoms with Gasteiger partial charge in [0.05, 0.1) is 0 Å². The molecule has 33 heavy (non-hydrogen) atoms. The second-order valence-corrected chi connectivity index (χ2v) is 12.0. The average Bonchev–Trinajstić information content (AvgIpc) is 3.18. The summed E-state index contributed by atoms with van der Waals surface area (Å²) in [5.41, 5.74) is 3.53. The predicted octanol–water partition coefficient (Wildman–Crippen LogP) is 9.75. The van der Waals surface area contributed by atoms with Gasteiger partial charge in [-0.3, -0.25) is 4.98 Å². The van der Waals surface area contributed by atoms with Crippen molar-refractivity contribution in [2.24, 2.45) is 40.4 Å². The molecule has 1 heterocycles. The molecule has 0 N–H and O–H groups in total. The molecule has 1 aromatic heterocycles. The number of hydrogen-bond acceptors (Lipinski definition) is 1. The lowest BCUT2D eigenvalue weighted by molar-refractivity contribution is 0.0169. The highest BCUT2D eigenvalue weighted by Crippen LogP contribution is 2.62. The Balaban J connectivity index is 1.75. The number of fused-ring (bicyclic) bond motifs is 1. The van der Waals surface area contributed by atoms with E-state index in [-0.39, 0.29) is 0 Å². The van der Waals surface area contributed by atoms with E-state index in [1.165, 1.54) is 56.9 Å². The Labute approximate surface area is 205 Å². The van der Waals surface area contributed by atoms with Gasteiger partial charge in [0.1, 0.15) is 0 Å². The monoisotopic (exact) mass is 449 g/mol. The molecule has 0 aliphatic heterocycles. The SMILES string of the molecule is CC/C=C\C(C)(CCC(C)CC(CC)CC)C1CCC2(C)C(c3cccnc3)=CCC2C1C. The van der Waals surface area contributed by atoms with Crippen molar-refractivity contribution in [1.82, 2.24) is 4.98 Å². The Morgan fingerprint density at radius 1 is 1.24 bits per heavy atom. The maximum Gasteiger partial charge on any atom is 0.0343 e. The van der Waals surface area contributed by atoms with Crippen LogP contribution in [0.2, 0.25) is 0 Å². The van der Waals surface area contributed by atoms with E-state index < -0.39 is 0 Å². The topological polar surface area (TPSA) is 12.9 Å². The van der Waals surface area contributed by atoms with Crippen LogP contribution in [0.4, 0.5) is 0 Å². The van der Waals surface area contributed by atoms with Gasteiger partial charge in [-0.15, -0.1) is 0 Å². The number of rotatable bonds is 11. The molecule has 0 saturated heterocycles. The summed E-state index contributed by atoms with van der Waals surface area (Å²) < 4.78 is 0. The zero-order valence-electron chi connectivity index (χ0n) is 22.7. The Kier molecular flexibility index (Phi) is 9.04. The van der Waals surface area contributed by atoms with Crippen molar-refractivity contribution in [3.05, 3.63) is 48.3 Å². The van der Waals surface area contributed by atoms with Gasteiger partial charge in [0.25, 0.3) is 0 Å². The lowest BCUT2D eigenvalue weighted by Gasteiger charge is -2.52. The average molecular weight is 450 g/mol. The number of allylic oxidation sites excluding steroid dienone is 4. The summed E-state index contributed by atoms with van der Waals surface area (Å²) in [6, 6.07) is 4.36. The maximum atomic E-state index is 4.43. The summed E-state index contributed by atoms with van der Waals surface area (Å²) in [5, 5.41) is 0. The molecule has 184 valence electrons. The smallest absolute Gasteiger partial charge is 0.0343 e. The molecule has 1 saturated carbocycles. The van der Waals surface area contributed by atoms with Crippen molar-refractivity contribution < 1.29 is 0 Å². The van der Waals surface area contributed by atoms with E-state index in [1.807, 2.05) is 6.20 Å². The van der Waals surface area contributed by atoms with Crippen molar-refractivity contribution in [3.63, 3.8) is 0 Å². The molecule has 2 aliphatic carbocycles. The number of hydrogen-bond donors (Lipinski definition) is 0. The summed E-state index contributed by atoms with van der Waals surface area (Å²) in [6.07, 6.45) is 23.4. The molecule has 1 nitrogen and oxygen atoms in total. The molecule has 3 rings (SSSR count). The van der Waals surface area contributed by atoms with Crippen LogP contribution >= 0.6 is 0 Å². The molecular formula is C32H51N. The predicted molar refractivity (Wildman–Crippen MR) is 145 cm³/mol. The molecule has 0 spiro atoms. The van der Waals surface area contributed by atoms with Gasteiger partial charge in [-0.1, -0.05) is 85.6 Å². The van der Waals surface area contributed by atoms with Gasteiger partial charge in [-0.2, -0.15) is 0 Å². The fourth-order valence-electron chi connectivity index (χ4n) is 7.60. The van der Waals surface area contributed by atoms with Crippen LogP contribution in [0, 0.1) is 40.4 Å². The molecule has 0 bridgehead atoms. The lowest BCUT2D eigenvalue weighted by atomic mass is 9.52. The second kappa shape index (κ2) is 11.4. The van der Waals surface area contributed by atoms with Crippen LogP contribution < -0.4 is 0 Å². The minimum absolute atomic E-state index is 0.303. The van der Waals surface area contributed by atoms with E-state index in [2.05, 4.69) is 90.0 Å². The van der Waals surface area contributed by atoms with Crippen molar-refractivity contribution in [3.8, 4) is 0 Å². The quantitative estimate of drug-likeness (QED) is 0.306. The lowest BCUT2D eigenvalue weighted by Crippen LogP contribution is -2.44. The minimum atomic E-state index is 0.303. The minimum Gasteiger partial charge on any atom is -0.264 e. The van der Waals surface area contributed by atoms with Gasteiger partial charge in [-0.25, -0.2) is 0 Å². The van der Waals surface area contributed by atoms with Crippen molar-refractivity contribution in [2.75, 3.05) is 0 Å². The number of aromatic nitrogens is 1. The molecule has 6 atom stereocenters. The molecule has 0 aromatic carbocycles. The molecule has 6 unspecified atom stereocenters. The maximum absolute atomic E-state index is 4.43. The largest absolute Gasteiger partial charge is 0.264 e. The van der Waals surface area contributed by atoms with Crippen LogP contribution in [0.1, 0.15) is 112 Å². The van der Waals surface area contributed by atoms with Crippen LogP contribution in [0.3, 0.4) is 0 Å². The zero-order chi connectivity index (χ0) is 24.1. The van der Waals surface area contributed by atoms with E-state index >= 15 is 0 Å². The normalized spacial score (nSPS) is 30.3. The van der Waals surface area contributed by atoms with Gasteiger partial charge in [0, 0.05) is 12.4 Å². The van der Waals surface area contributed by atoms with Gasteiger partial charge in [-0.05, 0) is 103 Å². The third-order valence-corrected chi connectivity index (χ3v) is 9.87. The van der Waals surface area contributed by atoms with Crippen LogP contribution in [0.5, 0.6) is 0 Å². The van der Waals surface area contributed by atoms with Gasteiger partial charge < -0.3 is 0 Å². The summed E-state index contributed by atoms with van der Waals surface area (Å²) in [6.45, 7) is 17.2. The van der Waals surface area contributed by atoms with Gasteiger partial charge in [0.15, 0.2) is 0 Å². The summed E-state index contributed by atoms with van der Waals surface area (Å²) in [4.78, 5) is 4.43. The Bertz CT molecular complexity index is 788. The summed E-state index contributed by atoms with van der Waals surface area (Å²) in [5.74, 6) is 4.01. The standard InChI is InChI=1S/C32H51N/c1-8-11-18-31(6,19-16-24(4)22-26(9-2)10-3)28-17-20-32(7)29(25(28)5)14-15-30(32)27-13-12-21-33-23-27/h11-13,15,18,21,23-26,28-29H,8-10,14,16-17,19-20,22H2,1-7H3/b18-11-. The Morgan fingerprint density at radius 2 is 2.00 bits per heavy atom. The summed E-state index contributed by atoms with van der Waals surface area (Å²) in [7, 11) is 0. The van der Waals surface area contributed by atoms with Crippen molar-refractivity contribution >= 4 is 5.57 Å². The Hall–Kier alpha value is -1.37. The zero-order valence-corrected chi connectivity index (χ0v) is 22.7. The molecule has 1 aromatic rings. The highest BCUT2D eigenvalue weighted by Gasteiger charge is 2.52. The van der Waals surface area contributed by atoms with E-state index in [9.17, 15) is 0 Å². The van der Waals surface area contributed by atoms with E-state index in [0.717, 1.165) is 36.0 Å². The molecule has 1 heteroatoms. The van der Waals surface area contributed by atoms with Crippen LogP contribution in [0.15, 0.2) is 42.8 Å². The van der Waals surface area contributed by atoms with Crippen molar-refractivity contribution in [2.45, 2.75) is 106 Å². The first-order chi connectivity index (χ1) is 15.8. The second-order valence-electron chi connectivity index (χ2n) is 12.0. The first-order valence-corrected chi connectivity index (χ1v) is 14.1. The molecule has 0 amide bonds. The van der Waals surface area contributed by atoms with Crippen LogP contribution in [0.25, 0.3) is 5.57 Å². The molecular weight excluding hydrogens is 398 g/mol. The Morgan fingerprint density at radius 3 is 2.64 bits per heavy atom. The van der Waals surface area contributed by atoms with Crippen molar-refractivity contribution in [1.29, 1.82) is 0 Å². The van der Waals surface area contributed by atoms with Gasteiger partial charge in [0.2, 0.25) is 0 Å². The van der Waals surface area contributed by atoms with E-state index in [1.54, 1.807) is 5.57 Å². The fraction of sp³-hybridized carbons (Fsp3) is 0.719. The van der Waals surface area contributed by atoms with E-state index in [0.29, 0.717) is 10.8 Å². The third kappa shape index (κ3) is 5.66. The first kappa shape index (κ1) is 26.2. The third-order valence-electron chi connectivity index (χ3n) is 9.87. The summed E-state index contributed by atoms with van der Waals surface area (Å²) >= 11 is 0. The number of pyridine rings is 1. The number of nitrogens with zero attached hydrogens (tertiary/aromatic N) is 1. The highest BCUT2D eigenvalue weighted by atomic mass is 14.6. The first-order valence-electron chi connectivity index (χ1n) is 14.1. The molecule has 0 radical (unpaired) electrons. The highest BCUT2D eigenvalue weighted by molar-refractivity contribution is 5.72. The van der Waals surface area contributed by atoms with Gasteiger partial charge >= 0.3 is 0 Å². The fourth-order valence-corrected chi connectivity index (χ4v) is 7.60.